The van der Waals surface area contributed by atoms with Crippen molar-refractivity contribution in [2.75, 3.05) is 6.61 Å². The first-order chi connectivity index (χ1) is 5.76. The number of halogens is 1. The van der Waals surface area contributed by atoms with Crippen LogP contribution in [0.1, 0.15) is 12.5 Å². The van der Waals surface area contributed by atoms with Crippen molar-refractivity contribution in [3.8, 4) is 5.75 Å². The molecule has 0 bridgehead atoms. The van der Waals surface area contributed by atoms with Gasteiger partial charge in [0.15, 0.2) is 0 Å². The van der Waals surface area contributed by atoms with Crippen LogP contribution in [0.3, 0.4) is 0 Å². The highest BCUT2D eigenvalue weighted by atomic mass is 127. The molecule has 0 radical (unpaired) electrons. The Bertz CT molecular complexity index is 281. The van der Waals surface area contributed by atoms with E-state index in [-0.39, 0.29) is 0 Å². The molecule has 0 atom stereocenters. The van der Waals surface area contributed by atoms with E-state index in [1.54, 1.807) is 0 Å². The van der Waals surface area contributed by atoms with Crippen LogP contribution in [0.25, 0.3) is 6.08 Å². The van der Waals surface area contributed by atoms with Crippen LogP contribution in [0.4, 0.5) is 0 Å². The van der Waals surface area contributed by atoms with E-state index in [9.17, 15) is 0 Å². The van der Waals surface area contributed by atoms with Crippen LogP contribution < -0.4 is 4.74 Å². The molecule has 0 saturated heterocycles. The molecule has 64 valence electrons. The van der Waals surface area contributed by atoms with Gasteiger partial charge in [-0.25, -0.2) is 0 Å². The molecule has 0 aliphatic carbocycles. The van der Waals surface area contributed by atoms with Crippen molar-refractivity contribution in [3.05, 3.63) is 33.9 Å². The summed E-state index contributed by atoms with van der Waals surface area (Å²) in [6.07, 6.45) is 1.82. The van der Waals surface area contributed by atoms with E-state index in [4.69, 9.17) is 4.74 Å². The maximum absolute atomic E-state index is 5.38. The summed E-state index contributed by atoms with van der Waals surface area (Å²) in [6, 6.07) is 6.06. The summed E-state index contributed by atoms with van der Waals surface area (Å²) in [5.74, 6) is 0.916. The molecule has 0 unspecified atom stereocenters. The van der Waals surface area contributed by atoms with Crippen LogP contribution in [0, 0.1) is 3.57 Å². The maximum atomic E-state index is 5.38. The summed E-state index contributed by atoms with van der Waals surface area (Å²) < 4.78 is 6.55. The van der Waals surface area contributed by atoms with Gasteiger partial charge in [-0.2, -0.15) is 0 Å². The SMILES string of the molecule is C=Cc1cc(I)cc(OCC)c1. The van der Waals surface area contributed by atoms with Gasteiger partial charge in [0.25, 0.3) is 0 Å². The molecule has 0 aromatic heterocycles. The van der Waals surface area contributed by atoms with Gasteiger partial charge in [-0.1, -0.05) is 12.7 Å². The van der Waals surface area contributed by atoms with Gasteiger partial charge < -0.3 is 4.74 Å². The van der Waals surface area contributed by atoms with Crippen molar-refractivity contribution in [3.63, 3.8) is 0 Å². The Balaban J connectivity index is 2.97. The van der Waals surface area contributed by atoms with Gasteiger partial charge in [-0.3, -0.25) is 0 Å². The normalized spacial score (nSPS) is 9.50. The minimum absolute atomic E-state index is 0.705. The lowest BCUT2D eigenvalue weighted by Gasteiger charge is -2.04. The monoisotopic (exact) mass is 274 g/mol. The Morgan fingerprint density at radius 3 is 2.83 bits per heavy atom. The maximum Gasteiger partial charge on any atom is 0.120 e. The number of rotatable bonds is 3. The Kier molecular flexibility index (Phi) is 3.59. The molecule has 0 fully saturated rings. The summed E-state index contributed by atoms with van der Waals surface area (Å²) in [5.41, 5.74) is 1.10. The Morgan fingerprint density at radius 2 is 2.25 bits per heavy atom. The third-order valence-electron chi connectivity index (χ3n) is 1.44. The van der Waals surface area contributed by atoms with E-state index < -0.39 is 0 Å². The molecule has 1 rings (SSSR count). The van der Waals surface area contributed by atoms with Crippen molar-refractivity contribution in [2.45, 2.75) is 6.92 Å². The van der Waals surface area contributed by atoms with E-state index in [2.05, 4.69) is 35.2 Å². The molecule has 1 nitrogen and oxygen atoms in total. The minimum atomic E-state index is 0.705. The summed E-state index contributed by atoms with van der Waals surface area (Å²) in [6.45, 7) is 6.40. The predicted octanol–water partition coefficient (Wildman–Crippen LogP) is 3.33. The third-order valence-corrected chi connectivity index (χ3v) is 2.06. The third kappa shape index (κ3) is 2.52. The standard InChI is InChI=1S/C10H11IO/c1-3-8-5-9(11)7-10(6-8)12-4-2/h3,5-7H,1,4H2,2H3. The van der Waals surface area contributed by atoms with Crippen molar-refractivity contribution < 1.29 is 4.74 Å². The average Bonchev–Trinajstić information content (AvgIpc) is 2.04. The van der Waals surface area contributed by atoms with Gasteiger partial charge in [0.2, 0.25) is 0 Å². The first-order valence-corrected chi connectivity index (χ1v) is 4.90. The second-order valence-corrected chi connectivity index (χ2v) is 3.60. The highest BCUT2D eigenvalue weighted by Gasteiger charge is 1.96. The largest absolute Gasteiger partial charge is 0.494 e. The number of hydrogen-bond acceptors (Lipinski definition) is 1. The van der Waals surface area contributed by atoms with Crippen molar-refractivity contribution in [1.29, 1.82) is 0 Å². The fraction of sp³-hybridized carbons (Fsp3) is 0.200. The summed E-state index contributed by atoms with van der Waals surface area (Å²) in [4.78, 5) is 0. The highest BCUT2D eigenvalue weighted by Crippen LogP contribution is 2.19. The highest BCUT2D eigenvalue weighted by molar-refractivity contribution is 14.1. The van der Waals surface area contributed by atoms with E-state index >= 15 is 0 Å². The Labute approximate surface area is 86.6 Å². The molecule has 0 N–H and O–H groups in total. The van der Waals surface area contributed by atoms with Gasteiger partial charge in [0.1, 0.15) is 5.75 Å². The van der Waals surface area contributed by atoms with Crippen LogP contribution in [0.2, 0.25) is 0 Å². The number of benzene rings is 1. The molecule has 0 amide bonds. The molecule has 0 heterocycles. The van der Waals surface area contributed by atoms with E-state index in [0.29, 0.717) is 6.61 Å². The lowest BCUT2D eigenvalue weighted by atomic mass is 10.2. The summed E-state index contributed by atoms with van der Waals surface area (Å²) in [7, 11) is 0. The molecular formula is C10H11IO. The second-order valence-electron chi connectivity index (χ2n) is 2.36. The van der Waals surface area contributed by atoms with Gasteiger partial charge in [-0.05, 0) is 53.3 Å². The van der Waals surface area contributed by atoms with E-state index in [1.807, 2.05) is 25.1 Å². The average molecular weight is 274 g/mol. The van der Waals surface area contributed by atoms with Gasteiger partial charge in [-0.15, -0.1) is 0 Å². The first-order valence-electron chi connectivity index (χ1n) is 3.82. The van der Waals surface area contributed by atoms with Crippen molar-refractivity contribution >= 4 is 28.7 Å². The second kappa shape index (κ2) is 4.50. The minimum Gasteiger partial charge on any atom is -0.494 e. The predicted molar refractivity (Wildman–Crippen MR) is 60.4 cm³/mol. The van der Waals surface area contributed by atoms with Gasteiger partial charge in [0.05, 0.1) is 6.61 Å². The van der Waals surface area contributed by atoms with Gasteiger partial charge in [0, 0.05) is 3.57 Å². The first kappa shape index (κ1) is 9.58. The lowest BCUT2D eigenvalue weighted by Crippen LogP contribution is -1.92. The Morgan fingerprint density at radius 1 is 1.50 bits per heavy atom. The Hall–Kier alpha value is -0.510. The van der Waals surface area contributed by atoms with E-state index in [1.165, 1.54) is 3.57 Å². The van der Waals surface area contributed by atoms with Gasteiger partial charge >= 0.3 is 0 Å². The molecule has 0 saturated carbocycles. The molecule has 1 aromatic carbocycles. The summed E-state index contributed by atoms with van der Waals surface area (Å²) >= 11 is 2.27. The summed E-state index contributed by atoms with van der Waals surface area (Å²) in [5, 5.41) is 0. The molecule has 0 spiro atoms. The van der Waals surface area contributed by atoms with Crippen LogP contribution in [0.15, 0.2) is 24.8 Å². The smallest absolute Gasteiger partial charge is 0.120 e. The number of ether oxygens (including phenoxy) is 1. The molecule has 2 heteroatoms. The topological polar surface area (TPSA) is 9.23 Å². The van der Waals surface area contributed by atoms with Crippen LogP contribution in [-0.2, 0) is 0 Å². The fourth-order valence-corrected chi connectivity index (χ4v) is 1.62. The van der Waals surface area contributed by atoms with Crippen molar-refractivity contribution in [2.24, 2.45) is 0 Å². The zero-order valence-electron chi connectivity index (χ0n) is 7.01. The molecular weight excluding hydrogens is 263 g/mol. The quantitative estimate of drug-likeness (QED) is 0.768. The zero-order chi connectivity index (χ0) is 8.97. The van der Waals surface area contributed by atoms with Crippen molar-refractivity contribution in [1.82, 2.24) is 0 Å². The fourth-order valence-electron chi connectivity index (χ4n) is 0.952. The molecule has 0 aliphatic rings. The lowest BCUT2D eigenvalue weighted by molar-refractivity contribution is 0.340. The zero-order valence-corrected chi connectivity index (χ0v) is 9.17. The van der Waals surface area contributed by atoms with Crippen LogP contribution in [0.5, 0.6) is 5.75 Å². The number of hydrogen-bond donors (Lipinski definition) is 0. The molecule has 1 aromatic rings. The van der Waals surface area contributed by atoms with E-state index in [0.717, 1.165) is 11.3 Å². The molecule has 0 aliphatic heterocycles. The van der Waals surface area contributed by atoms with Crippen LogP contribution >= 0.6 is 22.6 Å². The molecule has 12 heavy (non-hydrogen) atoms. The van der Waals surface area contributed by atoms with Crippen LogP contribution in [-0.4, -0.2) is 6.61 Å².